The Balaban J connectivity index is 3.47. The van der Waals surface area contributed by atoms with Gasteiger partial charge in [0, 0.05) is 20.1 Å². The molecule has 0 aliphatic carbocycles. The predicted octanol–water partition coefficient (Wildman–Crippen LogP) is -0.974. The molecule has 0 aromatic rings. The van der Waals surface area contributed by atoms with Crippen molar-refractivity contribution >= 4 is 11.8 Å². The van der Waals surface area contributed by atoms with Crippen LogP contribution >= 0.6 is 0 Å². The molecule has 0 rings (SSSR count). The minimum atomic E-state index is -0.499. The summed E-state index contributed by atoms with van der Waals surface area (Å²) in [5.41, 5.74) is 0. The van der Waals surface area contributed by atoms with Crippen molar-refractivity contribution in [3.63, 3.8) is 0 Å². The number of hydrogen-bond acceptors (Lipinski definition) is 4. The van der Waals surface area contributed by atoms with Crippen LogP contribution in [0.4, 0.5) is 0 Å². The van der Waals surface area contributed by atoms with Gasteiger partial charge in [0.25, 0.3) is 0 Å². The van der Waals surface area contributed by atoms with Crippen molar-refractivity contribution < 1.29 is 19.4 Å². The molecule has 6 heteroatoms. The molecule has 0 aromatic carbocycles. The van der Waals surface area contributed by atoms with E-state index in [2.05, 4.69) is 10.6 Å². The fraction of sp³-hybridized carbons (Fsp3) is 0.800. The molecule has 0 spiro atoms. The van der Waals surface area contributed by atoms with Crippen molar-refractivity contribution in [2.24, 2.45) is 0 Å². The largest absolute Gasteiger partial charge is 0.393 e. The maximum atomic E-state index is 11.2. The van der Waals surface area contributed by atoms with Gasteiger partial charge < -0.3 is 20.5 Å². The van der Waals surface area contributed by atoms with Crippen LogP contribution in [0.1, 0.15) is 19.8 Å². The Bertz CT molecular complexity index is 219. The van der Waals surface area contributed by atoms with E-state index in [0.717, 1.165) is 0 Å². The van der Waals surface area contributed by atoms with Crippen LogP contribution in [0.2, 0.25) is 0 Å². The third-order valence-electron chi connectivity index (χ3n) is 1.86. The van der Waals surface area contributed by atoms with Gasteiger partial charge in [-0.25, -0.2) is 0 Å². The Labute approximate surface area is 95.4 Å². The Morgan fingerprint density at radius 3 is 2.56 bits per heavy atom. The summed E-state index contributed by atoms with van der Waals surface area (Å²) in [4.78, 5) is 22.3. The van der Waals surface area contributed by atoms with Gasteiger partial charge in [-0.3, -0.25) is 9.59 Å². The van der Waals surface area contributed by atoms with E-state index in [1.165, 1.54) is 0 Å². The van der Waals surface area contributed by atoms with Gasteiger partial charge in [0.05, 0.1) is 19.3 Å². The molecule has 0 heterocycles. The summed E-state index contributed by atoms with van der Waals surface area (Å²) in [5.74, 6) is -0.481. The molecule has 94 valence electrons. The van der Waals surface area contributed by atoms with Gasteiger partial charge >= 0.3 is 0 Å². The highest BCUT2D eigenvalue weighted by Gasteiger charge is 2.06. The van der Waals surface area contributed by atoms with E-state index < -0.39 is 6.10 Å². The van der Waals surface area contributed by atoms with Crippen molar-refractivity contribution in [2.45, 2.75) is 25.9 Å². The SMILES string of the molecule is COCCNC(=O)CNC(=O)CCC(C)O. The lowest BCUT2D eigenvalue weighted by molar-refractivity contribution is -0.126. The molecule has 0 saturated heterocycles. The van der Waals surface area contributed by atoms with E-state index in [-0.39, 0.29) is 24.8 Å². The fourth-order valence-electron chi connectivity index (χ4n) is 0.962. The van der Waals surface area contributed by atoms with Gasteiger partial charge in [-0.05, 0) is 13.3 Å². The molecule has 0 saturated carbocycles. The maximum Gasteiger partial charge on any atom is 0.239 e. The van der Waals surface area contributed by atoms with Crippen LogP contribution in [0.25, 0.3) is 0 Å². The van der Waals surface area contributed by atoms with Crippen molar-refractivity contribution in [2.75, 3.05) is 26.8 Å². The summed E-state index contributed by atoms with van der Waals surface area (Å²) < 4.78 is 4.75. The van der Waals surface area contributed by atoms with Crippen LogP contribution in [0.15, 0.2) is 0 Å². The van der Waals surface area contributed by atoms with Crippen molar-refractivity contribution in [1.29, 1.82) is 0 Å². The van der Waals surface area contributed by atoms with Gasteiger partial charge in [-0.1, -0.05) is 0 Å². The van der Waals surface area contributed by atoms with Gasteiger partial charge in [-0.2, -0.15) is 0 Å². The fourth-order valence-corrected chi connectivity index (χ4v) is 0.962. The Morgan fingerprint density at radius 1 is 1.31 bits per heavy atom. The van der Waals surface area contributed by atoms with Crippen LogP contribution in [-0.2, 0) is 14.3 Å². The summed E-state index contributed by atoms with van der Waals surface area (Å²) >= 11 is 0. The first kappa shape index (κ1) is 14.9. The summed E-state index contributed by atoms with van der Waals surface area (Å²) in [6.07, 6.45) is 0.126. The van der Waals surface area contributed by atoms with E-state index in [1.807, 2.05) is 0 Å². The summed E-state index contributed by atoms with van der Waals surface area (Å²) in [6, 6.07) is 0. The molecule has 2 amide bonds. The topological polar surface area (TPSA) is 87.7 Å². The predicted molar refractivity (Wildman–Crippen MR) is 58.8 cm³/mol. The molecule has 0 aromatic heterocycles. The monoisotopic (exact) mass is 232 g/mol. The second-order valence-corrected chi connectivity index (χ2v) is 3.51. The van der Waals surface area contributed by atoms with Crippen LogP contribution in [0.5, 0.6) is 0 Å². The maximum absolute atomic E-state index is 11.2. The molecule has 3 N–H and O–H groups in total. The Hall–Kier alpha value is -1.14. The van der Waals surface area contributed by atoms with Crippen LogP contribution in [-0.4, -0.2) is 49.8 Å². The van der Waals surface area contributed by atoms with Crippen molar-refractivity contribution in [1.82, 2.24) is 10.6 Å². The first-order chi connectivity index (χ1) is 7.56. The lowest BCUT2D eigenvalue weighted by Gasteiger charge is -2.07. The summed E-state index contributed by atoms with van der Waals surface area (Å²) in [7, 11) is 1.55. The summed E-state index contributed by atoms with van der Waals surface area (Å²) in [5, 5.41) is 14.0. The standard InChI is InChI=1S/C10H20N2O4/c1-8(13)3-4-9(14)12-7-10(15)11-5-6-16-2/h8,13H,3-7H2,1-2H3,(H,11,15)(H,12,14). The molecule has 1 unspecified atom stereocenters. The Kier molecular flexibility index (Phi) is 8.46. The average molecular weight is 232 g/mol. The molecule has 6 nitrogen and oxygen atoms in total. The third-order valence-corrected chi connectivity index (χ3v) is 1.86. The number of methoxy groups -OCH3 is 1. The van der Waals surface area contributed by atoms with E-state index in [4.69, 9.17) is 9.84 Å². The molecule has 16 heavy (non-hydrogen) atoms. The molecular weight excluding hydrogens is 212 g/mol. The lowest BCUT2D eigenvalue weighted by Crippen LogP contribution is -2.38. The third kappa shape index (κ3) is 9.42. The van der Waals surface area contributed by atoms with Crippen molar-refractivity contribution in [3.8, 4) is 0 Å². The number of aliphatic hydroxyl groups is 1. The second kappa shape index (κ2) is 9.11. The average Bonchev–Trinajstić information content (AvgIpc) is 2.24. The smallest absolute Gasteiger partial charge is 0.239 e. The summed E-state index contributed by atoms with van der Waals surface area (Å²) in [6.45, 7) is 2.45. The highest BCUT2D eigenvalue weighted by atomic mass is 16.5. The molecule has 0 radical (unpaired) electrons. The van der Waals surface area contributed by atoms with Crippen LogP contribution in [0.3, 0.4) is 0 Å². The minimum Gasteiger partial charge on any atom is -0.393 e. The number of ether oxygens (including phenoxy) is 1. The highest BCUT2D eigenvalue weighted by Crippen LogP contribution is 1.94. The van der Waals surface area contributed by atoms with E-state index in [0.29, 0.717) is 19.6 Å². The van der Waals surface area contributed by atoms with Crippen LogP contribution in [0, 0.1) is 0 Å². The minimum absolute atomic E-state index is 0.0393. The number of aliphatic hydroxyl groups excluding tert-OH is 1. The van der Waals surface area contributed by atoms with Crippen LogP contribution < -0.4 is 10.6 Å². The zero-order valence-electron chi connectivity index (χ0n) is 9.78. The normalized spacial score (nSPS) is 11.9. The Morgan fingerprint density at radius 2 is 2.00 bits per heavy atom. The number of nitrogens with one attached hydrogen (secondary N) is 2. The van der Waals surface area contributed by atoms with E-state index in [1.54, 1.807) is 14.0 Å². The molecule has 0 bridgehead atoms. The molecule has 0 fully saturated rings. The van der Waals surface area contributed by atoms with E-state index >= 15 is 0 Å². The number of carbonyl (C=O) groups is 2. The molecule has 1 atom stereocenters. The van der Waals surface area contributed by atoms with Crippen molar-refractivity contribution in [3.05, 3.63) is 0 Å². The number of amides is 2. The molecular formula is C10H20N2O4. The van der Waals surface area contributed by atoms with Gasteiger partial charge in [0.1, 0.15) is 0 Å². The molecule has 0 aliphatic heterocycles. The number of rotatable bonds is 8. The number of hydrogen-bond donors (Lipinski definition) is 3. The van der Waals surface area contributed by atoms with E-state index in [9.17, 15) is 9.59 Å². The second-order valence-electron chi connectivity index (χ2n) is 3.51. The zero-order valence-corrected chi connectivity index (χ0v) is 9.78. The van der Waals surface area contributed by atoms with Gasteiger partial charge in [0.15, 0.2) is 0 Å². The zero-order chi connectivity index (χ0) is 12.4. The highest BCUT2D eigenvalue weighted by molar-refractivity contribution is 5.84. The first-order valence-electron chi connectivity index (χ1n) is 5.26. The lowest BCUT2D eigenvalue weighted by atomic mass is 10.2. The number of carbonyl (C=O) groups excluding carboxylic acids is 2. The quantitative estimate of drug-likeness (QED) is 0.470. The molecule has 0 aliphatic rings. The van der Waals surface area contributed by atoms with Gasteiger partial charge in [0.2, 0.25) is 11.8 Å². The van der Waals surface area contributed by atoms with Gasteiger partial charge in [-0.15, -0.1) is 0 Å². The first-order valence-corrected chi connectivity index (χ1v) is 5.26.